The Balaban J connectivity index is 1.96. The average Bonchev–Trinajstić information content (AvgIpc) is 2.41. The van der Waals surface area contributed by atoms with E-state index >= 15 is 0 Å². The molecule has 4 heteroatoms. The third-order valence-electron chi connectivity index (χ3n) is 2.86. The Labute approximate surface area is 118 Å². The van der Waals surface area contributed by atoms with Crippen molar-refractivity contribution in [1.29, 1.82) is 0 Å². The lowest BCUT2D eigenvalue weighted by Crippen LogP contribution is -2.30. The summed E-state index contributed by atoms with van der Waals surface area (Å²) in [6, 6.07) is 14.6. The van der Waals surface area contributed by atoms with Crippen LogP contribution in [0.15, 0.2) is 48.5 Å². The Morgan fingerprint density at radius 2 is 1.90 bits per heavy atom. The van der Waals surface area contributed by atoms with Gasteiger partial charge in [0.15, 0.2) is 6.10 Å². The van der Waals surface area contributed by atoms with Crippen LogP contribution in [0.3, 0.4) is 0 Å². The third kappa shape index (κ3) is 3.75. The number of aryl methyl sites for hydroxylation is 1. The molecule has 0 bridgehead atoms. The minimum absolute atomic E-state index is 0.198. The molecular formula is C16H18N2O2. The molecule has 0 spiro atoms. The number of carbonyl (C=O) groups is 1. The number of amides is 1. The Kier molecular flexibility index (Phi) is 4.25. The third-order valence-corrected chi connectivity index (χ3v) is 2.86. The van der Waals surface area contributed by atoms with Crippen molar-refractivity contribution in [3.05, 3.63) is 54.1 Å². The fourth-order valence-electron chi connectivity index (χ4n) is 1.73. The molecule has 2 aromatic carbocycles. The van der Waals surface area contributed by atoms with Crippen molar-refractivity contribution in [2.75, 3.05) is 11.1 Å². The predicted molar refractivity (Wildman–Crippen MR) is 80.8 cm³/mol. The molecule has 0 saturated heterocycles. The SMILES string of the molecule is Cc1ccc(NC(=O)[C@H](C)Oc2cccc(N)c2)cc1. The molecule has 0 aliphatic rings. The van der Waals surface area contributed by atoms with E-state index in [1.807, 2.05) is 31.2 Å². The van der Waals surface area contributed by atoms with Gasteiger partial charge in [-0.2, -0.15) is 0 Å². The number of nitrogens with two attached hydrogens (primary N) is 1. The molecule has 3 N–H and O–H groups in total. The molecule has 0 fully saturated rings. The molecule has 2 rings (SSSR count). The molecule has 0 unspecified atom stereocenters. The number of hydrogen-bond donors (Lipinski definition) is 2. The highest BCUT2D eigenvalue weighted by Crippen LogP contribution is 2.17. The van der Waals surface area contributed by atoms with Crippen molar-refractivity contribution in [3.8, 4) is 5.75 Å². The van der Waals surface area contributed by atoms with Crippen LogP contribution < -0.4 is 15.8 Å². The molecule has 4 nitrogen and oxygen atoms in total. The first kappa shape index (κ1) is 13.9. The van der Waals surface area contributed by atoms with E-state index in [0.29, 0.717) is 11.4 Å². The van der Waals surface area contributed by atoms with Gasteiger partial charge in [0.25, 0.3) is 5.91 Å². The van der Waals surface area contributed by atoms with Gasteiger partial charge in [-0.15, -0.1) is 0 Å². The number of carbonyl (C=O) groups excluding carboxylic acids is 1. The smallest absolute Gasteiger partial charge is 0.265 e. The maximum absolute atomic E-state index is 12.0. The zero-order valence-electron chi connectivity index (χ0n) is 11.6. The molecule has 20 heavy (non-hydrogen) atoms. The topological polar surface area (TPSA) is 64.3 Å². The Morgan fingerprint density at radius 1 is 1.20 bits per heavy atom. The highest BCUT2D eigenvalue weighted by Gasteiger charge is 2.14. The predicted octanol–water partition coefficient (Wildman–Crippen LogP) is 2.98. The van der Waals surface area contributed by atoms with Gasteiger partial charge in [0.05, 0.1) is 0 Å². The van der Waals surface area contributed by atoms with E-state index in [9.17, 15) is 4.79 Å². The van der Waals surface area contributed by atoms with Crippen LogP contribution in [-0.4, -0.2) is 12.0 Å². The van der Waals surface area contributed by atoms with Gasteiger partial charge in [-0.1, -0.05) is 23.8 Å². The minimum atomic E-state index is -0.599. The molecule has 0 radical (unpaired) electrons. The highest BCUT2D eigenvalue weighted by molar-refractivity contribution is 5.94. The summed E-state index contributed by atoms with van der Waals surface area (Å²) < 4.78 is 5.56. The van der Waals surface area contributed by atoms with Crippen LogP contribution in [0.25, 0.3) is 0 Å². The molecule has 1 atom stereocenters. The zero-order valence-corrected chi connectivity index (χ0v) is 11.6. The summed E-state index contributed by atoms with van der Waals surface area (Å²) in [6.07, 6.45) is -0.599. The van der Waals surface area contributed by atoms with Gasteiger partial charge in [-0.05, 0) is 38.1 Å². The van der Waals surface area contributed by atoms with Crippen LogP contribution in [0.4, 0.5) is 11.4 Å². The van der Waals surface area contributed by atoms with Crippen LogP contribution in [0.1, 0.15) is 12.5 Å². The van der Waals surface area contributed by atoms with Crippen LogP contribution >= 0.6 is 0 Å². The second kappa shape index (κ2) is 6.10. The first-order valence-corrected chi connectivity index (χ1v) is 6.44. The first-order chi connectivity index (χ1) is 9.54. The average molecular weight is 270 g/mol. The summed E-state index contributed by atoms with van der Waals surface area (Å²) in [5.41, 5.74) is 8.17. The monoisotopic (exact) mass is 270 g/mol. The van der Waals surface area contributed by atoms with Crippen molar-refractivity contribution in [2.45, 2.75) is 20.0 Å². The number of nitrogens with one attached hydrogen (secondary N) is 1. The molecule has 1 amide bonds. The van der Waals surface area contributed by atoms with Crippen LogP contribution in [-0.2, 0) is 4.79 Å². The second-order valence-corrected chi connectivity index (χ2v) is 4.69. The molecule has 104 valence electrons. The molecule has 0 saturated carbocycles. The van der Waals surface area contributed by atoms with Crippen molar-refractivity contribution in [1.82, 2.24) is 0 Å². The van der Waals surface area contributed by atoms with Gasteiger partial charge in [-0.25, -0.2) is 0 Å². The van der Waals surface area contributed by atoms with Gasteiger partial charge in [-0.3, -0.25) is 4.79 Å². The molecular weight excluding hydrogens is 252 g/mol. The number of nitrogen functional groups attached to an aromatic ring is 1. The summed E-state index contributed by atoms with van der Waals surface area (Å²) in [5.74, 6) is 0.382. The van der Waals surface area contributed by atoms with E-state index in [4.69, 9.17) is 10.5 Å². The Morgan fingerprint density at radius 3 is 2.55 bits per heavy atom. The highest BCUT2D eigenvalue weighted by atomic mass is 16.5. The van der Waals surface area contributed by atoms with Crippen LogP contribution in [0.5, 0.6) is 5.75 Å². The van der Waals surface area contributed by atoms with E-state index in [2.05, 4.69) is 5.32 Å². The Hall–Kier alpha value is -2.49. The lowest BCUT2D eigenvalue weighted by atomic mass is 10.2. The lowest BCUT2D eigenvalue weighted by molar-refractivity contribution is -0.122. The summed E-state index contributed by atoms with van der Waals surface area (Å²) in [5, 5.41) is 2.81. The van der Waals surface area contributed by atoms with E-state index in [1.54, 1.807) is 31.2 Å². The first-order valence-electron chi connectivity index (χ1n) is 6.44. The quantitative estimate of drug-likeness (QED) is 0.839. The summed E-state index contributed by atoms with van der Waals surface area (Å²) in [7, 11) is 0. The van der Waals surface area contributed by atoms with Gasteiger partial charge in [0.1, 0.15) is 5.75 Å². The van der Waals surface area contributed by atoms with Gasteiger partial charge in [0, 0.05) is 17.4 Å². The maximum atomic E-state index is 12.0. The second-order valence-electron chi connectivity index (χ2n) is 4.69. The van der Waals surface area contributed by atoms with E-state index in [0.717, 1.165) is 11.3 Å². The van der Waals surface area contributed by atoms with Crippen LogP contribution in [0.2, 0.25) is 0 Å². The maximum Gasteiger partial charge on any atom is 0.265 e. The summed E-state index contributed by atoms with van der Waals surface area (Å²) >= 11 is 0. The van der Waals surface area contributed by atoms with E-state index in [1.165, 1.54) is 0 Å². The van der Waals surface area contributed by atoms with E-state index < -0.39 is 6.10 Å². The molecule has 0 aromatic heterocycles. The van der Waals surface area contributed by atoms with Gasteiger partial charge < -0.3 is 15.8 Å². The molecule has 0 aliphatic carbocycles. The fraction of sp³-hybridized carbons (Fsp3) is 0.188. The molecule has 2 aromatic rings. The van der Waals surface area contributed by atoms with Crippen LogP contribution in [0, 0.1) is 6.92 Å². The van der Waals surface area contributed by atoms with Crippen molar-refractivity contribution >= 4 is 17.3 Å². The zero-order chi connectivity index (χ0) is 14.5. The lowest BCUT2D eigenvalue weighted by Gasteiger charge is -2.15. The number of benzene rings is 2. The number of hydrogen-bond acceptors (Lipinski definition) is 3. The fourth-order valence-corrected chi connectivity index (χ4v) is 1.73. The molecule has 0 aliphatic heterocycles. The largest absolute Gasteiger partial charge is 0.481 e. The summed E-state index contributed by atoms with van der Waals surface area (Å²) in [4.78, 5) is 12.0. The standard InChI is InChI=1S/C16H18N2O2/c1-11-6-8-14(9-7-11)18-16(19)12(2)20-15-5-3-4-13(17)10-15/h3-10,12H,17H2,1-2H3,(H,18,19)/t12-/m0/s1. The van der Waals surface area contributed by atoms with Crippen molar-refractivity contribution in [3.63, 3.8) is 0 Å². The normalized spacial score (nSPS) is 11.7. The molecule has 0 heterocycles. The van der Waals surface area contributed by atoms with Crippen molar-refractivity contribution < 1.29 is 9.53 Å². The number of rotatable bonds is 4. The number of anilines is 2. The van der Waals surface area contributed by atoms with E-state index in [-0.39, 0.29) is 5.91 Å². The van der Waals surface area contributed by atoms with Crippen molar-refractivity contribution in [2.24, 2.45) is 0 Å². The van der Waals surface area contributed by atoms with Gasteiger partial charge >= 0.3 is 0 Å². The van der Waals surface area contributed by atoms with Gasteiger partial charge in [0.2, 0.25) is 0 Å². The minimum Gasteiger partial charge on any atom is -0.481 e. The summed E-state index contributed by atoms with van der Waals surface area (Å²) in [6.45, 7) is 3.70. The Bertz CT molecular complexity index is 594. The number of ether oxygens (including phenoxy) is 1.